The number of benzene rings is 1. The normalized spacial score (nSPS) is 14.2. The van der Waals surface area contributed by atoms with Gasteiger partial charge in [-0.3, -0.25) is 0 Å². The number of fused-ring (bicyclic) bond motifs is 1. The average Bonchev–Trinajstić information content (AvgIpc) is 2.59. The van der Waals surface area contributed by atoms with Gasteiger partial charge in [0.2, 0.25) is 0 Å². The van der Waals surface area contributed by atoms with Gasteiger partial charge in [-0.25, -0.2) is 5.43 Å². The maximum Gasteiger partial charge on any atom is 0.0568 e. The van der Waals surface area contributed by atoms with Crippen molar-refractivity contribution in [1.29, 1.82) is 0 Å². The van der Waals surface area contributed by atoms with Gasteiger partial charge in [0.25, 0.3) is 0 Å². The van der Waals surface area contributed by atoms with Crippen LogP contribution in [0.2, 0.25) is 0 Å². The SMILES string of the molecule is Cc1c(C)c(C)c2c(c1C)CNN2. The number of hydrogen-bond acceptors (Lipinski definition) is 2. The lowest BCUT2D eigenvalue weighted by atomic mass is 9.93. The summed E-state index contributed by atoms with van der Waals surface area (Å²) in [7, 11) is 0. The fourth-order valence-corrected chi connectivity index (χ4v) is 2.00. The molecule has 0 spiro atoms. The Morgan fingerprint density at radius 2 is 1.46 bits per heavy atom. The van der Waals surface area contributed by atoms with Crippen molar-refractivity contribution < 1.29 is 0 Å². The van der Waals surface area contributed by atoms with Crippen LogP contribution >= 0.6 is 0 Å². The first-order valence-corrected chi connectivity index (χ1v) is 4.71. The monoisotopic (exact) mass is 176 g/mol. The highest BCUT2D eigenvalue weighted by Crippen LogP contribution is 2.32. The zero-order valence-corrected chi connectivity index (χ0v) is 8.71. The highest BCUT2D eigenvalue weighted by atomic mass is 15.4. The van der Waals surface area contributed by atoms with Crippen LogP contribution in [0.1, 0.15) is 27.8 Å². The van der Waals surface area contributed by atoms with Crippen molar-refractivity contribution in [3.63, 3.8) is 0 Å². The summed E-state index contributed by atoms with van der Waals surface area (Å²) in [6.07, 6.45) is 0. The molecule has 0 saturated carbocycles. The number of hydrogen-bond donors (Lipinski definition) is 2. The molecule has 0 fully saturated rings. The Balaban J connectivity index is 2.77. The summed E-state index contributed by atoms with van der Waals surface area (Å²) in [5.41, 5.74) is 14.8. The van der Waals surface area contributed by atoms with E-state index in [1.165, 1.54) is 33.5 Å². The highest BCUT2D eigenvalue weighted by Gasteiger charge is 2.18. The van der Waals surface area contributed by atoms with Crippen LogP contribution in [0.4, 0.5) is 5.69 Å². The van der Waals surface area contributed by atoms with Gasteiger partial charge >= 0.3 is 0 Å². The van der Waals surface area contributed by atoms with E-state index < -0.39 is 0 Å². The van der Waals surface area contributed by atoms with Crippen LogP contribution in [0.5, 0.6) is 0 Å². The van der Waals surface area contributed by atoms with Crippen molar-refractivity contribution in [2.75, 3.05) is 5.43 Å². The van der Waals surface area contributed by atoms with Gasteiger partial charge in [-0.05, 0) is 55.5 Å². The van der Waals surface area contributed by atoms with Crippen LogP contribution in [-0.4, -0.2) is 0 Å². The van der Waals surface area contributed by atoms with Gasteiger partial charge in [0.15, 0.2) is 0 Å². The lowest BCUT2D eigenvalue weighted by molar-refractivity contribution is 0.855. The van der Waals surface area contributed by atoms with Gasteiger partial charge in [0.1, 0.15) is 0 Å². The molecule has 1 aliphatic rings. The Kier molecular flexibility index (Phi) is 1.81. The van der Waals surface area contributed by atoms with Crippen LogP contribution < -0.4 is 10.9 Å². The van der Waals surface area contributed by atoms with E-state index in [4.69, 9.17) is 0 Å². The summed E-state index contributed by atoms with van der Waals surface area (Å²) in [5.74, 6) is 0. The quantitative estimate of drug-likeness (QED) is 0.634. The summed E-state index contributed by atoms with van der Waals surface area (Å²) in [6, 6.07) is 0. The predicted molar refractivity (Wildman–Crippen MR) is 55.9 cm³/mol. The Morgan fingerprint density at radius 3 is 2.15 bits per heavy atom. The molecule has 0 aliphatic carbocycles. The molecule has 1 aromatic carbocycles. The third-order valence-corrected chi connectivity index (χ3v) is 3.30. The summed E-state index contributed by atoms with van der Waals surface area (Å²) < 4.78 is 0. The van der Waals surface area contributed by atoms with Gasteiger partial charge in [0.05, 0.1) is 5.69 Å². The van der Waals surface area contributed by atoms with Crippen molar-refractivity contribution in [2.24, 2.45) is 0 Å². The molecule has 2 N–H and O–H groups in total. The van der Waals surface area contributed by atoms with E-state index in [-0.39, 0.29) is 0 Å². The van der Waals surface area contributed by atoms with Crippen LogP contribution in [-0.2, 0) is 6.54 Å². The Bertz CT molecular complexity index is 332. The molecule has 0 unspecified atom stereocenters. The fourth-order valence-electron chi connectivity index (χ4n) is 2.00. The smallest absolute Gasteiger partial charge is 0.0568 e. The molecule has 1 aromatic rings. The van der Waals surface area contributed by atoms with Crippen molar-refractivity contribution in [3.8, 4) is 0 Å². The lowest BCUT2D eigenvalue weighted by Gasteiger charge is -2.14. The standard InChI is InChI=1S/C11H16N2/c1-6-7(2)9(4)11-10(8(6)3)5-12-13-11/h12-13H,5H2,1-4H3. The average molecular weight is 176 g/mol. The van der Waals surface area contributed by atoms with Gasteiger partial charge < -0.3 is 5.43 Å². The molecule has 13 heavy (non-hydrogen) atoms. The second kappa shape index (κ2) is 2.74. The summed E-state index contributed by atoms with van der Waals surface area (Å²) in [4.78, 5) is 0. The highest BCUT2D eigenvalue weighted by molar-refractivity contribution is 5.66. The maximum atomic E-state index is 3.23. The van der Waals surface area contributed by atoms with E-state index in [2.05, 4.69) is 38.5 Å². The van der Waals surface area contributed by atoms with Crippen LogP contribution in [0.15, 0.2) is 0 Å². The molecule has 0 radical (unpaired) electrons. The Labute approximate surface area is 79.3 Å². The van der Waals surface area contributed by atoms with Gasteiger partial charge in [-0.15, -0.1) is 0 Å². The summed E-state index contributed by atoms with van der Waals surface area (Å²) >= 11 is 0. The number of rotatable bonds is 0. The van der Waals surface area contributed by atoms with Crippen molar-refractivity contribution in [3.05, 3.63) is 27.8 Å². The van der Waals surface area contributed by atoms with E-state index in [0.29, 0.717) is 0 Å². The molecule has 0 amide bonds. The topological polar surface area (TPSA) is 24.1 Å². The molecule has 0 aromatic heterocycles. The first kappa shape index (κ1) is 8.57. The minimum absolute atomic E-state index is 0.948. The molecule has 1 heterocycles. The zero-order chi connectivity index (χ0) is 9.59. The molecule has 0 atom stereocenters. The summed E-state index contributed by atoms with van der Waals surface area (Å²) in [6.45, 7) is 9.73. The molecule has 1 aliphatic heterocycles. The third kappa shape index (κ3) is 1.05. The molecule has 2 heteroatoms. The van der Waals surface area contributed by atoms with E-state index in [1.807, 2.05) is 0 Å². The largest absolute Gasteiger partial charge is 0.321 e. The first-order chi connectivity index (χ1) is 6.13. The zero-order valence-electron chi connectivity index (χ0n) is 8.71. The second-order valence-electron chi connectivity index (χ2n) is 3.83. The van der Waals surface area contributed by atoms with E-state index >= 15 is 0 Å². The number of hydrazine groups is 1. The van der Waals surface area contributed by atoms with Crippen LogP contribution in [0, 0.1) is 27.7 Å². The maximum absolute atomic E-state index is 3.23. The van der Waals surface area contributed by atoms with E-state index in [9.17, 15) is 0 Å². The number of nitrogens with one attached hydrogen (secondary N) is 2. The van der Waals surface area contributed by atoms with Crippen molar-refractivity contribution in [1.82, 2.24) is 5.43 Å². The molecular weight excluding hydrogens is 160 g/mol. The number of anilines is 1. The van der Waals surface area contributed by atoms with Gasteiger partial charge in [0, 0.05) is 6.54 Å². The molecular formula is C11H16N2. The van der Waals surface area contributed by atoms with Crippen LogP contribution in [0.3, 0.4) is 0 Å². The van der Waals surface area contributed by atoms with Crippen molar-refractivity contribution >= 4 is 5.69 Å². The van der Waals surface area contributed by atoms with Gasteiger partial charge in [-0.1, -0.05) is 0 Å². The molecule has 2 rings (SSSR count). The molecule has 0 bridgehead atoms. The predicted octanol–water partition coefficient (Wildman–Crippen LogP) is 2.35. The summed E-state index contributed by atoms with van der Waals surface area (Å²) in [5, 5.41) is 0. The van der Waals surface area contributed by atoms with E-state index in [1.54, 1.807) is 0 Å². The third-order valence-electron chi connectivity index (χ3n) is 3.30. The lowest BCUT2D eigenvalue weighted by Crippen LogP contribution is -2.11. The minimum Gasteiger partial charge on any atom is -0.321 e. The van der Waals surface area contributed by atoms with Crippen molar-refractivity contribution in [2.45, 2.75) is 34.2 Å². The Morgan fingerprint density at radius 1 is 0.846 bits per heavy atom. The first-order valence-electron chi connectivity index (χ1n) is 4.71. The molecule has 70 valence electrons. The fraction of sp³-hybridized carbons (Fsp3) is 0.455. The van der Waals surface area contributed by atoms with Crippen LogP contribution in [0.25, 0.3) is 0 Å². The Hall–Kier alpha value is -1.02. The van der Waals surface area contributed by atoms with E-state index in [0.717, 1.165) is 6.54 Å². The minimum atomic E-state index is 0.948. The second-order valence-corrected chi connectivity index (χ2v) is 3.83. The molecule has 0 saturated heterocycles. The van der Waals surface area contributed by atoms with Gasteiger partial charge in [-0.2, -0.15) is 0 Å². The molecule has 2 nitrogen and oxygen atoms in total.